The maximum absolute atomic E-state index is 13.4. The number of carbonyl (C=O) groups is 1. The first kappa shape index (κ1) is 22.3. The Morgan fingerprint density at radius 1 is 1.03 bits per heavy atom. The molecule has 0 unspecified atom stereocenters. The van der Waals surface area contributed by atoms with Crippen LogP contribution in [0.15, 0.2) is 77.7 Å². The number of amides is 1. The molecule has 0 aliphatic carbocycles. The summed E-state index contributed by atoms with van der Waals surface area (Å²) < 4.78 is 27.7. The highest BCUT2D eigenvalue weighted by Gasteiger charge is 2.28. The van der Waals surface area contributed by atoms with Crippen LogP contribution in [-0.4, -0.2) is 20.9 Å². The number of nitrogens with one attached hydrogen (secondary N) is 1. The quantitative estimate of drug-likeness (QED) is 0.568. The molecule has 0 heterocycles. The summed E-state index contributed by atoms with van der Waals surface area (Å²) in [5.74, 6) is -0.524. The van der Waals surface area contributed by atoms with Crippen molar-refractivity contribution in [3.63, 3.8) is 0 Å². The molecule has 0 spiro atoms. The summed E-state index contributed by atoms with van der Waals surface area (Å²) in [6.45, 7) is 1.40. The average molecular weight is 454 g/mol. The first-order valence-corrected chi connectivity index (χ1v) is 11.2. The topological polar surface area (TPSA) is 90.3 Å². The van der Waals surface area contributed by atoms with Crippen LogP contribution in [-0.2, 0) is 21.2 Å². The smallest absolute Gasteiger partial charge is 0.264 e. The third-order valence-corrected chi connectivity index (χ3v) is 6.63. The second kappa shape index (κ2) is 9.65. The van der Waals surface area contributed by atoms with E-state index in [1.807, 2.05) is 6.92 Å². The van der Waals surface area contributed by atoms with E-state index < -0.39 is 22.5 Å². The van der Waals surface area contributed by atoms with Gasteiger partial charge < -0.3 is 5.32 Å². The van der Waals surface area contributed by atoms with Crippen molar-refractivity contribution in [2.24, 2.45) is 0 Å². The lowest BCUT2D eigenvalue weighted by molar-refractivity contribution is -0.114. The molecule has 0 fully saturated rings. The molecule has 158 valence electrons. The Bertz CT molecular complexity index is 1220. The summed E-state index contributed by atoms with van der Waals surface area (Å²) >= 11 is 6.26. The number of rotatable bonds is 7. The number of nitriles is 1. The molecule has 0 saturated heterocycles. The van der Waals surface area contributed by atoms with Gasteiger partial charge in [-0.3, -0.25) is 9.10 Å². The van der Waals surface area contributed by atoms with Gasteiger partial charge in [0.1, 0.15) is 6.54 Å². The Kier molecular flexibility index (Phi) is 6.95. The molecule has 1 N–H and O–H groups in total. The standard InChI is InChI=1S/C23H20ClN3O3S/c1-17-6-12-20(13-7-17)31(29,30)27(22-5-3-2-4-21(22)24)16-23(28)26-19-10-8-18(9-11-19)14-15-25/h2-13H,14,16H2,1H3,(H,26,28). The van der Waals surface area contributed by atoms with Crippen molar-refractivity contribution in [2.45, 2.75) is 18.2 Å². The van der Waals surface area contributed by atoms with Gasteiger partial charge in [-0.15, -0.1) is 0 Å². The maximum Gasteiger partial charge on any atom is 0.264 e. The van der Waals surface area contributed by atoms with Gasteiger partial charge in [0, 0.05) is 5.69 Å². The Hall–Kier alpha value is -3.34. The van der Waals surface area contributed by atoms with Crippen LogP contribution in [0.1, 0.15) is 11.1 Å². The Balaban J connectivity index is 1.90. The SMILES string of the molecule is Cc1ccc(S(=O)(=O)N(CC(=O)Nc2ccc(CC#N)cc2)c2ccccc2Cl)cc1. The lowest BCUT2D eigenvalue weighted by atomic mass is 10.1. The molecule has 6 nitrogen and oxygen atoms in total. The average Bonchev–Trinajstić information content (AvgIpc) is 2.74. The number of hydrogen-bond donors (Lipinski definition) is 1. The number of aryl methyl sites for hydroxylation is 1. The highest BCUT2D eigenvalue weighted by molar-refractivity contribution is 7.92. The molecule has 0 aromatic heterocycles. The third kappa shape index (κ3) is 5.43. The number of sulfonamides is 1. The van der Waals surface area contributed by atoms with Crippen molar-refractivity contribution >= 4 is 38.9 Å². The molecule has 0 saturated carbocycles. The monoisotopic (exact) mass is 453 g/mol. The van der Waals surface area contributed by atoms with E-state index in [1.165, 1.54) is 12.1 Å². The van der Waals surface area contributed by atoms with Crippen LogP contribution in [0, 0.1) is 18.3 Å². The van der Waals surface area contributed by atoms with Gasteiger partial charge in [-0.25, -0.2) is 8.42 Å². The van der Waals surface area contributed by atoms with Crippen molar-refractivity contribution in [1.82, 2.24) is 0 Å². The normalized spacial score (nSPS) is 10.9. The van der Waals surface area contributed by atoms with Gasteiger partial charge in [-0.1, -0.05) is 53.6 Å². The third-order valence-electron chi connectivity index (χ3n) is 4.54. The molecule has 31 heavy (non-hydrogen) atoms. The first-order valence-electron chi connectivity index (χ1n) is 9.41. The molecule has 3 rings (SSSR count). The second-order valence-electron chi connectivity index (χ2n) is 6.86. The lowest BCUT2D eigenvalue weighted by Crippen LogP contribution is -2.38. The van der Waals surface area contributed by atoms with Crippen LogP contribution in [0.25, 0.3) is 0 Å². The van der Waals surface area contributed by atoms with Gasteiger partial charge in [0.25, 0.3) is 10.0 Å². The fraction of sp³-hybridized carbons (Fsp3) is 0.130. The van der Waals surface area contributed by atoms with Gasteiger partial charge in [-0.2, -0.15) is 5.26 Å². The van der Waals surface area contributed by atoms with E-state index in [1.54, 1.807) is 60.7 Å². The zero-order chi connectivity index (χ0) is 22.4. The molecule has 3 aromatic carbocycles. The summed E-state index contributed by atoms with van der Waals surface area (Å²) in [5, 5.41) is 11.7. The lowest BCUT2D eigenvalue weighted by Gasteiger charge is -2.25. The zero-order valence-electron chi connectivity index (χ0n) is 16.7. The van der Waals surface area contributed by atoms with Crippen molar-refractivity contribution in [2.75, 3.05) is 16.2 Å². The molecule has 0 atom stereocenters. The largest absolute Gasteiger partial charge is 0.325 e. The molecule has 0 bridgehead atoms. The van der Waals surface area contributed by atoms with Crippen LogP contribution >= 0.6 is 11.6 Å². The molecule has 0 radical (unpaired) electrons. The number of hydrogen-bond acceptors (Lipinski definition) is 4. The van der Waals surface area contributed by atoms with Gasteiger partial charge in [-0.05, 0) is 48.9 Å². The van der Waals surface area contributed by atoms with E-state index in [4.69, 9.17) is 16.9 Å². The number of nitrogens with zero attached hydrogens (tertiary/aromatic N) is 2. The number of anilines is 2. The maximum atomic E-state index is 13.4. The van der Waals surface area contributed by atoms with Crippen molar-refractivity contribution in [3.05, 3.63) is 88.9 Å². The fourth-order valence-electron chi connectivity index (χ4n) is 2.92. The Labute approximate surface area is 186 Å². The molecular formula is C23H20ClN3O3S. The van der Waals surface area contributed by atoms with Gasteiger partial charge >= 0.3 is 0 Å². The van der Waals surface area contributed by atoms with E-state index in [2.05, 4.69) is 11.4 Å². The molecule has 0 aliphatic rings. The zero-order valence-corrected chi connectivity index (χ0v) is 18.3. The number of halogens is 1. The minimum absolute atomic E-state index is 0.0617. The fourth-order valence-corrected chi connectivity index (χ4v) is 4.65. The number of carbonyl (C=O) groups excluding carboxylic acids is 1. The summed E-state index contributed by atoms with van der Waals surface area (Å²) in [6, 6.07) is 21.7. The van der Waals surface area contributed by atoms with Crippen molar-refractivity contribution in [1.29, 1.82) is 5.26 Å². The first-order chi connectivity index (χ1) is 14.8. The van der Waals surface area contributed by atoms with Crippen LogP contribution in [0.4, 0.5) is 11.4 Å². The highest BCUT2D eigenvalue weighted by atomic mass is 35.5. The number of benzene rings is 3. The minimum Gasteiger partial charge on any atom is -0.325 e. The van der Waals surface area contributed by atoms with E-state index in [0.29, 0.717) is 5.69 Å². The predicted octanol–water partition coefficient (Wildman–Crippen LogP) is 4.55. The van der Waals surface area contributed by atoms with E-state index in [-0.39, 0.29) is 22.0 Å². The van der Waals surface area contributed by atoms with Gasteiger partial charge in [0.2, 0.25) is 5.91 Å². The number of para-hydroxylation sites is 1. The van der Waals surface area contributed by atoms with E-state index >= 15 is 0 Å². The summed E-state index contributed by atoms with van der Waals surface area (Å²) in [6.07, 6.45) is 0.267. The Morgan fingerprint density at radius 2 is 1.68 bits per heavy atom. The molecule has 8 heteroatoms. The second-order valence-corrected chi connectivity index (χ2v) is 9.13. The van der Waals surface area contributed by atoms with E-state index in [0.717, 1.165) is 15.4 Å². The van der Waals surface area contributed by atoms with Gasteiger partial charge in [0.15, 0.2) is 0 Å². The predicted molar refractivity (Wildman–Crippen MR) is 122 cm³/mol. The van der Waals surface area contributed by atoms with Gasteiger partial charge in [0.05, 0.1) is 28.1 Å². The molecular weight excluding hydrogens is 434 g/mol. The van der Waals surface area contributed by atoms with Crippen molar-refractivity contribution in [3.8, 4) is 6.07 Å². The summed E-state index contributed by atoms with van der Waals surface area (Å²) in [5.41, 5.74) is 2.45. The molecule has 3 aromatic rings. The minimum atomic E-state index is -4.04. The van der Waals surface area contributed by atoms with Crippen LogP contribution in [0.2, 0.25) is 5.02 Å². The van der Waals surface area contributed by atoms with Crippen LogP contribution in [0.3, 0.4) is 0 Å². The molecule has 1 amide bonds. The van der Waals surface area contributed by atoms with E-state index in [9.17, 15) is 13.2 Å². The summed E-state index contributed by atoms with van der Waals surface area (Å²) in [4.78, 5) is 12.8. The highest BCUT2D eigenvalue weighted by Crippen LogP contribution is 2.30. The van der Waals surface area contributed by atoms with Crippen LogP contribution < -0.4 is 9.62 Å². The van der Waals surface area contributed by atoms with Crippen molar-refractivity contribution < 1.29 is 13.2 Å². The summed E-state index contributed by atoms with van der Waals surface area (Å²) in [7, 11) is -4.04. The molecule has 0 aliphatic heterocycles. The Morgan fingerprint density at radius 3 is 2.29 bits per heavy atom. The van der Waals surface area contributed by atoms with Crippen LogP contribution in [0.5, 0.6) is 0 Å².